The first-order valence-corrected chi connectivity index (χ1v) is 7.72. The van der Waals surface area contributed by atoms with Crippen LogP contribution >= 0.6 is 0 Å². The molecule has 8 heteroatoms. The minimum atomic E-state index is -0.122. The molecule has 0 fully saturated rings. The zero-order valence-corrected chi connectivity index (χ0v) is 14.2. The molecule has 0 bridgehead atoms. The van der Waals surface area contributed by atoms with Crippen LogP contribution in [0.4, 0.5) is 17.5 Å². The van der Waals surface area contributed by atoms with Crippen molar-refractivity contribution in [1.29, 1.82) is 0 Å². The third-order valence-electron chi connectivity index (χ3n) is 3.75. The normalized spacial score (nSPS) is 10.5. The maximum absolute atomic E-state index is 11.7. The fourth-order valence-corrected chi connectivity index (χ4v) is 2.47. The van der Waals surface area contributed by atoms with Gasteiger partial charge in [-0.05, 0) is 43.7 Å². The van der Waals surface area contributed by atoms with Gasteiger partial charge in [-0.2, -0.15) is 10.1 Å². The first-order valence-electron chi connectivity index (χ1n) is 7.72. The quantitative estimate of drug-likeness (QED) is 0.579. The van der Waals surface area contributed by atoms with Gasteiger partial charge < -0.3 is 16.4 Å². The van der Waals surface area contributed by atoms with Gasteiger partial charge in [-0.1, -0.05) is 0 Å². The largest absolute Gasteiger partial charge is 0.383 e. The summed E-state index contributed by atoms with van der Waals surface area (Å²) in [5, 5.41) is 12.7. The Morgan fingerprint density at radius 3 is 2.64 bits per heavy atom. The SMILES string of the molecule is CNC(=O)c1ccc(Nc2ncc(-c3cc(C)[nH]n3)c(N)n2)cc1C. The van der Waals surface area contributed by atoms with E-state index >= 15 is 0 Å². The van der Waals surface area contributed by atoms with E-state index in [0.29, 0.717) is 28.6 Å². The number of nitrogens with two attached hydrogens (primary N) is 1. The maximum Gasteiger partial charge on any atom is 0.251 e. The molecule has 8 nitrogen and oxygen atoms in total. The van der Waals surface area contributed by atoms with Crippen molar-refractivity contribution in [3.63, 3.8) is 0 Å². The van der Waals surface area contributed by atoms with Crippen molar-refractivity contribution in [3.05, 3.63) is 47.3 Å². The van der Waals surface area contributed by atoms with Crippen molar-refractivity contribution in [3.8, 4) is 11.3 Å². The summed E-state index contributed by atoms with van der Waals surface area (Å²) in [6.07, 6.45) is 1.63. The molecule has 0 radical (unpaired) electrons. The molecular formula is C17H19N7O. The monoisotopic (exact) mass is 337 g/mol. The molecule has 0 saturated heterocycles. The number of rotatable bonds is 4. The summed E-state index contributed by atoms with van der Waals surface area (Å²) >= 11 is 0. The topological polar surface area (TPSA) is 122 Å². The van der Waals surface area contributed by atoms with Crippen molar-refractivity contribution >= 4 is 23.4 Å². The van der Waals surface area contributed by atoms with Crippen LogP contribution in [0.1, 0.15) is 21.6 Å². The van der Waals surface area contributed by atoms with Gasteiger partial charge in [0.1, 0.15) is 5.82 Å². The van der Waals surface area contributed by atoms with Gasteiger partial charge in [-0.3, -0.25) is 9.89 Å². The predicted octanol–water partition coefficient (Wildman–Crippen LogP) is 2.17. The minimum absolute atomic E-state index is 0.122. The molecule has 5 N–H and O–H groups in total. The third kappa shape index (κ3) is 3.42. The number of aromatic amines is 1. The molecule has 25 heavy (non-hydrogen) atoms. The number of carbonyl (C=O) groups is 1. The molecule has 0 saturated carbocycles. The van der Waals surface area contributed by atoms with Gasteiger partial charge in [-0.15, -0.1) is 0 Å². The van der Waals surface area contributed by atoms with E-state index in [-0.39, 0.29) is 5.91 Å². The molecule has 128 valence electrons. The number of benzene rings is 1. The van der Waals surface area contributed by atoms with Gasteiger partial charge in [0.05, 0.1) is 11.3 Å². The van der Waals surface area contributed by atoms with Crippen LogP contribution in [0.25, 0.3) is 11.3 Å². The molecule has 3 rings (SSSR count). The fourth-order valence-electron chi connectivity index (χ4n) is 2.47. The molecule has 0 spiro atoms. The number of aryl methyl sites for hydroxylation is 2. The molecule has 0 unspecified atom stereocenters. The van der Waals surface area contributed by atoms with Crippen molar-refractivity contribution in [1.82, 2.24) is 25.5 Å². The number of H-pyrrole nitrogens is 1. The average molecular weight is 337 g/mol. The Labute approximate surface area is 144 Å². The number of aromatic nitrogens is 4. The zero-order chi connectivity index (χ0) is 18.0. The van der Waals surface area contributed by atoms with Crippen LogP contribution in [0, 0.1) is 13.8 Å². The lowest BCUT2D eigenvalue weighted by Gasteiger charge is -2.10. The Hall–Kier alpha value is -3.42. The second-order valence-corrected chi connectivity index (χ2v) is 5.66. The predicted molar refractivity (Wildman–Crippen MR) is 96.6 cm³/mol. The standard InChI is InChI=1S/C17H19N7O/c1-9-6-11(4-5-12(9)16(25)19-3)21-17-20-8-13(15(18)22-17)14-7-10(2)23-24-14/h4-8H,1-3H3,(H,19,25)(H,23,24)(H3,18,20,21,22). The summed E-state index contributed by atoms with van der Waals surface area (Å²) < 4.78 is 0. The number of nitrogens with zero attached hydrogens (tertiary/aromatic N) is 3. The second kappa shape index (κ2) is 6.60. The van der Waals surface area contributed by atoms with E-state index in [4.69, 9.17) is 5.73 Å². The van der Waals surface area contributed by atoms with Gasteiger partial charge in [-0.25, -0.2) is 4.98 Å². The molecule has 2 heterocycles. The van der Waals surface area contributed by atoms with Crippen molar-refractivity contribution < 1.29 is 4.79 Å². The first kappa shape index (κ1) is 16.4. The number of amides is 1. The van der Waals surface area contributed by atoms with Gasteiger partial charge in [0.2, 0.25) is 5.95 Å². The van der Waals surface area contributed by atoms with Crippen LogP contribution < -0.4 is 16.4 Å². The van der Waals surface area contributed by atoms with E-state index in [2.05, 4.69) is 30.8 Å². The van der Waals surface area contributed by atoms with Crippen molar-refractivity contribution in [2.75, 3.05) is 18.1 Å². The fraction of sp³-hybridized carbons (Fsp3) is 0.176. The molecule has 3 aromatic rings. The van der Waals surface area contributed by atoms with E-state index in [1.54, 1.807) is 25.4 Å². The first-order chi connectivity index (χ1) is 12.0. The average Bonchev–Trinajstić information content (AvgIpc) is 3.00. The van der Waals surface area contributed by atoms with Crippen LogP contribution in [0.3, 0.4) is 0 Å². The van der Waals surface area contributed by atoms with Crippen LogP contribution in [0.15, 0.2) is 30.5 Å². The number of nitrogens with one attached hydrogen (secondary N) is 3. The van der Waals surface area contributed by atoms with Gasteiger partial charge in [0.15, 0.2) is 0 Å². The number of anilines is 3. The Morgan fingerprint density at radius 2 is 2.04 bits per heavy atom. The maximum atomic E-state index is 11.7. The van der Waals surface area contributed by atoms with E-state index in [9.17, 15) is 4.79 Å². The van der Waals surface area contributed by atoms with Crippen molar-refractivity contribution in [2.45, 2.75) is 13.8 Å². The summed E-state index contributed by atoms with van der Waals surface area (Å²) in [4.78, 5) is 20.3. The summed E-state index contributed by atoms with van der Waals surface area (Å²) in [5.41, 5.74) is 10.6. The van der Waals surface area contributed by atoms with Gasteiger partial charge in [0, 0.05) is 30.2 Å². The highest BCUT2D eigenvalue weighted by molar-refractivity contribution is 5.95. The van der Waals surface area contributed by atoms with Gasteiger partial charge >= 0.3 is 0 Å². The summed E-state index contributed by atoms with van der Waals surface area (Å²) in [6, 6.07) is 7.28. The lowest BCUT2D eigenvalue weighted by Crippen LogP contribution is -2.18. The highest BCUT2D eigenvalue weighted by Crippen LogP contribution is 2.24. The van der Waals surface area contributed by atoms with E-state index in [0.717, 1.165) is 16.9 Å². The molecule has 2 aromatic heterocycles. The van der Waals surface area contributed by atoms with E-state index in [1.165, 1.54) is 0 Å². The van der Waals surface area contributed by atoms with Crippen LogP contribution in [0.5, 0.6) is 0 Å². The smallest absolute Gasteiger partial charge is 0.251 e. The number of carbonyl (C=O) groups excluding carboxylic acids is 1. The molecule has 0 aliphatic rings. The lowest BCUT2D eigenvalue weighted by molar-refractivity contribution is 0.0962. The number of nitrogen functional groups attached to an aromatic ring is 1. The summed E-state index contributed by atoms with van der Waals surface area (Å²) in [7, 11) is 1.60. The second-order valence-electron chi connectivity index (χ2n) is 5.66. The Morgan fingerprint density at radius 1 is 1.24 bits per heavy atom. The molecule has 0 atom stereocenters. The van der Waals surface area contributed by atoms with Crippen LogP contribution in [-0.4, -0.2) is 33.1 Å². The summed E-state index contributed by atoms with van der Waals surface area (Å²) in [5.74, 6) is 0.589. The van der Waals surface area contributed by atoms with Crippen LogP contribution in [0.2, 0.25) is 0 Å². The molecule has 1 aromatic carbocycles. The van der Waals surface area contributed by atoms with Gasteiger partial charge in [0.25, 0.3) is 5.91 Å². The van der Waals surface area contributed by atoms with Crippen LogP contribution in [-0.2, 0) is 0 Å². The number of hydrogen-bond acceptors (Lipinski definition) is 6. The Balaban J connectivity index is 1.83. The van der Waals surface area contributed by atoms with Crippen molar-refractivity contribution in [2.24, 2.45) is 0 Å². The number of hydrogen-bond donors (Lipinski definition) is 4. The third-order valence-corrected chi connectivity index (χ3v) is 3.75. The zero-order valence-electron chi connectivity index (χ0n) is 14.2. The molecule has 0 aliphatic carbocycles. The summed E-state index contributed by atoms with van der Waals surface area (Å²) in [6.45, 7) is 3.78. The Kier molecular flexibility index (Phi) is 4.34. The van der Waals surface area contributed by atoms with E-state index < -0.39 is 0 Å². The van der Waals surface area contributed by atoms with E-state index in [1.807, 2.05) is 26.0 Å². The molecular weight excluding hydrogens is 318 g/mol. The highest BCUT2D eigenvalue weighted by atomic mass is 16.1. The molecule has 1 amide bonds. The minimum Gasteiger partial charge on any atom is -0.383 e. The lowest BCUT2D eigenvalue weighted by atomic mass is 10.1. The molecule has 0 aliphatic heterocycles. The Bertz CT molecular complexity index is 932. The highest BCUT2D eigenvalue weighted by Gasteiger charge is 2.11.